The monoisotopic (exact) mass is 399 g/mol. The minimum atomic E-state index is -0.358. The van der Waals surface area contributed by atoms with E-state index in [1.807, 2.05) is 12.1 Å². The first kappa shape index (κ1) is 19.8. The molecular weight excluding hydrogens is 370 g/mol. The zero-order chi connectivity index (χ0) is 20.4. The molecule has 0 bridgehead atoms. The molecule has 2 aliphatic rings. The number of non-ortho nitro benzene ring substituents is 1. The van der Waals surface area contributed by atoms with Gasteiger partial charge in [-0.3, -0.25) is 15.0 Å². The van der Waals surface area contributed by atoms with Gasteiger partial charge in [0.15, 0.2) is 5.82 Å². The number of hydrogen-bond acceptors (Lipinski definition) is 7. The zero-order valence-electron chi connectivity index (χ0n) is 17.1. The van der Waals surface area contributed by atoms with Crippen LogP contribution in [0, 0.1) is 16.0 Å². The minimum absolute atomic E-state index is 0.131. The molecule has 1 aromatic heterocycles. The number of hydrogen-bond donors (Lipinski definition) is 0. The molecule has 9 nitrogen and oxygen atoms in total. The smallest absolute Gasteiger partial charge is 0.269 e. The highest BCUT2D eigenvalue weighted by Gasteiger charge is 2.33. The van der Waals surface area contributed by atoms with Gasteiger partial charge in [-0.15, -0.1) is 5.10 Å². The number of tetrazole rings is 1. The van der Waals surface area contributed by atoms with E-state index in [1.165, 1.54) is 12.8 Å². The molecule has 1 saturated carbocycles. The van der Waals surface area contributed by atoms with E-state index in [0.29, 0.717) is 12.0 Å². The number of aromatic nitrogens is 4. The Morgan fingerprint density at radius 2 is 1.72 bits per heavy atom. The molecule has 2 heterocycles. The van der Waals surface area contributed by atoms with Crippen LogP contribution in [-0.2, 0) is 0 Å². The highest BCUT2D eigenvalue weighted by molar-refractivity contribution is 5.51. The molecule has 29 heavy (non-hydrogen) atoms. The number of nitro benzene ring substituents is 1. The van der Waals surface area contributed by atoms with Crippen molar-refractivity contribution in [3.05, 3.63) is 40.2 Å². The number of nitro groups is 1. The molecule has 1 aliphatic carbocycles. The summed E-state index contributed by atoms with van der Waals surface area (Å²) in [6.45, 7) is 8.06. The van der Waals surface area contributed by atoms with Gasteiger partial charge in [-0.25, -0.2) is 4.68 Å². The predicted octanol–water partition coefficient (Wildman–Crippen LogP) is 3.22. The van der Waals surface area contributed by atoms with E-state index in [9.17, 15) is 10.1 Å². The predicted molar refractivity (Wildman–Crippen MR) is 110 cm³/mol. The van der Waals surface area contributed by atoms with Crippen LogP contribution in [0.4, 0.5) is 11.4 Å². The average molecular weight is 399 g/mol. The van der Waals surface area contributed by atoms with Crippen molar-refractivity contribution >= 4 is 11.4 Å². The van der Waals surface area contributed by atoms with Crippen LogP contribution in [0.15, 0.2) is 24.3 Å². The van der Waals surface area contributed by atoms with E-state index in [0.717, 1.165) is 50.5 Å². The maximum atomic E-state index is 10.9. The molecule has 0 radical (unpaired) electrons. The summed E-state index contributed by atoms with van der Waals surface area (Å²) < 4.78 is 2.08. The lowest BCUT2D eigenvalue weighted by atomic mass is 10.00. The lowest BCUT2D eigenvalue weighted by Crippen LogP contribution is -2.49. The van der Waals surface area contributed by atoms with Gasteiger partial charge in [0, 0.05) is 44.0 Å². The van der Waals surface area contributed by atoms with E-state index in [1.54, 1.807) is 12.1 Å². The van der Waals surface area contributed by atoms with E-state index < -0.39 is 0 Å². The highest BCUT2D eigenvalue weighted by Crippen LogP contribution is 2.34. The number of anilines is 1. The number of nitrogens with zero attached hydrogens (tertiary/aromatic N) is 7. The standard InChI is InChI=1S/C20H29N7O2/c1-15(2)19(20-21-22-23-26(20)17-5-3-4-6-17)25-13-11-24(12-14-25)16-7-9-18(10-8-16)27(28)29/h7-10,15,17,19H,3-6,11-14H2,1-2H3/t19-/m1/s1. The Balaban J connectivity index is 1.46. The fourth-order valence-electron chi connectivity index (χ4n) is 4.73. The van der Waals surface area contributed by atoms with Crippen LogP contribution in [0.25, 0.3) is 0 Å². The molecule has 0 unspecified atom stereocenters. The van der Waals surface area contributed by atoms with Gasteiger partial charge in [0.2, 0.25) is 0 Å². The third-order valence-corrected chi connectivity index (χ3v) is 6.22. The molecule has 2 aromatic rings. The minimum Gasteiger partial charge on any atom is -0.369 e. The van der Waals surface area contributed by atoms with Crippen LogP contribution in [0.3, 0.4) is 0 Å². The normalized spacial score (nSPS) is 19.8. The summed E-state index contributed by atoms with van der Waals surface area (Å²) in [7, 11) is 0. The number of rotatable bonds is 6. The lowest BCUT2D eigenvalue weighted by Gasteiger charge is -2.41. The molecule has 0 N–H and O–H groups in total. The zero-order valence-corrected chi connectivity index (χ0v) is 17.1. The van der Waals surface area contributed by atoms with Crippen LogP contribution >= 0.6 is 0 Å². The largest absolute Gasteiger partial charge is 0.369 e. The topological polar surface area (TPSA) is 93.2 Å². The maximum Gasteiger partial charge on any atom is 0.269 e. The SMILES string of the molecule is CC(C)[C@H](c1nnnn1C1CCCC1)N1CCN(c2ccc([N+](=O)[O-])cc2)CC1. The van der Waals surface area contributed by atoms with Gasteiger partial charge in [-0.2, -0.15) is 0 Å². The molecule has 0 amide bonds. The second-order valence-corrected chi connectivity index (χ2v) is 8.41. The van der Waals surface area contributed by atoms with Crippen molar-refractivity contribution in [2.75, 3.05) is 31.1 Å². The van der Waals surface area contributed by atoms with Gasteiger partial charge in [-0.05, 0) is 41.3 Å². The molecule has 0 spiro atoms. The van der Waals surface area contributed by atoms with Crippen molar-refractivity contribution in [3.8, 4) is 0 Å². The quantitative estimate of drug-likeness (QED) is 0.544. The van der Waals surface area contributed by atoms with E-state index >= 15 is 0 Å². The summed E-state index contributed by atoms with van der Waals surface area (Å²) in [5.74, 6) is 1.41. The summed E-state index contributed by atoms with van der Waals surface area (Å²) in [6, 6.07) is 7.47. The second kappa shape index (κ2) is 8.44. The fraction of sp³-hybridized carbons (Fsp3) is 0.650. The molecule has 2 fully saturated rings. The Labute approximate surface area is 170 Å². The van der Waals surface area contributed by atoms with E-state index in [-0.39, 0.29) is 16.7 Å². The first-order valence-corrected chi connectivity index (χ1v) is 10.6. The molecule has 9 heteroatoms. The van der Waals surface area contributed by atoms with Gasteiger partial charge in [0.1, 0.15) is 0 Å². The van der Waals surface area contributed by atoms with Crippen molar-refractivity contribution < 1.29 is 4.92 Å². The highest BCUT2D eigenvalue weighted by atomic mass is 16.6. The van der Waals surface area contributed by atoms with Crippen LogP contribution in [0.5, 0.6) is 0 Å². The summed E-state index contributed by atoms with van der Waals surface area (Å²) >= 11 is 0. The van der Waals surface area contributed by atoms with E-state index in [2.05, 4.69) is 43.9 Å². The first-order chi connectivity index (χ1) is 14.0. The summed E-state index contributed by atoms with van der Waals surface area (Å²) in [5, 5.41) is 23.7. The van der Waals surface area contributed by atoms with Crippen molar-refractivity contribution in [1.82, 2.24) is 25.1 Å². The Bertz CT molecular complexity index is 822. The Kier molecular flexibility index (Phi) is 5.75. The summed E-state index contributed by atoms with van der Waals surface area (Å²) in [6.07, 6.45) is 4.84. The van der Waals surface area contributed by atoms with Crippen molar-refractivity contribution in [1.29, 1.82) is 0 Å². The maximum absolute atomic E-state index is 10.9. The third kappa shape index (κ3) is 4.10. The molecule has 1 aromatic carbocycles. The molecule has 1 saturated heterocycles. The van der Waals surface area contributed by atoms with Crippen LogP contribution < -0.4 is 4.90 Å². The molecule has 156 valence electrons. The second-order valence-electron chi connectivity index (χ2n) is 8.41. The molecule has 4 rings (SSSR count). The van der Waals surface area contributed by atoms with E-state index in [4.69, 9.17) is 0 Å². The van der Waals surface area contributed by atoms with Crippen molar-refractivity contribution in [2.45, 2.75) is 51.6 Å². The Morgan fingerprint density at radius 3 is 2.31 bits per heavy atom. The Morgan fingerprint density at radius 1 is 1.07 bits per heavy atom. The summed E-state index contributed by atoms with van der Waals surface area (Å²) in [4.78, 5) is 15.3. The molecule has 1 atom stereocenters. The number of benzene rings is 1. The molecular formula is C20H29N7O2. The number of piperazine rings is 1. The van der Waals surface area contributed by atoms with Crippen molar-refractivity contribution in [2.24, 2.45) is 5.92 Å². The average Bonchev–Trinajstić information content (AvgIpc) is 3.40. The first-order valence-electron chi connectivity index (χ1n) is 10.6. The van der Waals surface area contributed by atoms with Gasteiger partial charge < -0.3 is 4.90 Å². The van der Waals surface area contributed by atoms with Gasteiger partial charge >= 0.3 is 0 Å². The van der Waals surface area contributed by atoms with Crippen LogP contribution in [-0.4, -0.2) is 56.2 Å². The van der Waals surface area contributed by atoms with Crippen LogP contribution in [0.2, 0.25) is 0 Å². The summed E-state index contributed by atoms with van der Waals surface area (Å²) in [5.41, 5.74) is 1.16. The Hall–Kier alpha value is -2.55. The van der Waals surface area contributed by atoms with Gasteiger partial charge in [-0.1, -0.05) is 26.7 Å². The molecule has 1 aliphatic heterocycles. The lowest BCUT2D eigenvalue weighted by molar-refractivity contribution is -0.384. The third-order valence-electron chi connectivity index (χ3n) is 6.22. The van der Waals surface area contributed by atoms with Crippen LogP contribution in [0.1, 0.15) is 57.4 Å². The fourth-order valence-corrected chi connectivity index (χ4v) is 4.73. The van der Waals surface area contributed by atoms with Gasteiger partial charge in [0.25, 0.3) is 5.69 Å². The van der Waals surface area contributed by atoms with Crippen molar-refractivity contribution in [3.63, 3.8) is 0 Å². The van der Waals surface area contributed by atoms with Gasteiger partial charge in [0.05, 0.1) is 17.0 Å².